The summed E-state index contributed by atoms with van der Waals surface area (Å²) in [5.74, 6) is 0.110. The number of hydrogen-bond acceptors (Lipinski definition) is 7. The van der Waals surface area contributed by atoms with Crippen LogP contribution in [0.2, 0.25) is 0 Å². The van der Waals surface area contributed by atoms with Gasteiger partial charge in [0.1, 0.15) is 0 Å². The van der Waals surface area contributed by atoms with Gasteiger partial charge < -0.3 is 16.0 Å². The van der Waals surface area contributed by atoms with Gasteiger partial charge in [-0.3, -0.25) is 10.1 Å². The number of nitrogen functional groups attached to an aromatic ring is 1. The van der Waals surface area contributed by atoms with Crippen LogP contribution in [0, 0.1) is 17.0 Å². The van der Waals surface area contributed by atoms with Crippen molar-refractivity contribution in [2.24, 2.45) is 0 Å². The molecule has 0 aliphatic carbocycles. The van der Waals surface area contributed by atoms with Crippen LogP contribution in [0.4, 0.5) is 34.6 Å². The van der Waals surface area contributed by atoms with Crippen LogP contribution in [-0.4, -0.2) is 21.9 Å². The smallest absolute Gasteiger partial charge is 0.353 e. The van der Waals surface area contributed by atoms with Gasteiger partial charge in [-0.1, -0.05) is 30.3 Å². The van der Waals surface area contributed by atoms with Crippen LogP contribution < -0.4 is 16.0 Å². The van der Waals surface area contributed by atoms with Gasteiger partial charge in [0.05, 0.1) is 4.92 Å². The summed E-state index contributed by atoms with van der Waals surface area (Å²) in [7, 11) is 1.77. The molecule has 3 rings (SSSR count). The van der Waals surface area contributed by atoms with Gasteiger partial charge >= 0.3 is 5.69 Å². The maximum Gasteiger partial charge on any atom is 0.353 e. The lowest BCUT2D eigenvalue weighted by Gasteiger charge is -2.18. The molecule has 1 aromatic heterocycles. The zero-order chi connectivity index (χ0) is 18.7. The molecule has 8 heteroatoms. The SMILES string of the molecule is Cc1cccc(Nc2nc(N(C)c3ccccc3)nc(N)c2[N+](=O)[O-])c1. The number of nitrogens with zero attached hydrogens (tertiary/aromatic N) is 4. The fourth-order valence-electron chi connectivity index (χ4n) is 2.50. The zero-order valence-electron chi connectivity index (χ0n) is 14.4. The summed E-state index contributed by atoms with van der Waals surface area (Å²) in [6.07, 6.45) is 0. The van der Waals surface area contributed by atoms with Crippen molar-refractivity contribution in [1.29, 1.82) is 0 Å². The number of aromatic nitrogens is 2. The maximum atomic E-state index is 11.4. The number of hydrogen-bond donors (Lipinski definition) is 2. The first-order valence-electron chi connectivity index (χ1n) is 7.90. The van der Waals surface area contributed by atoms with Gasteiger partial charge in [-0.25, -0.2) is 0 Å². The Labute approximate surface area is 150 Å². The molecule has 0 aliphatic heterocycles. The van der Waals surface area contributed by atoms with Gasteiger partial charge in [0.15, 0.2) is 0 Å². The Bertz CT molecular complexity index is 946. The van der Waals surface area contributed by atoms with E-state index in [-0.39, 0.29) is 23.3 Å². The number of nitrogens with one attached hydrogen (secondary N) is 1. The van der Waals surface area contributed by atoms with Crippen LogP contribution in [0.1, 0.15) is 5.56 Å². The Kier molecular flexibility index (Phi) is 4.66. The molecule has 3 aromatic rings. The summed E-state index contributed by atoms with van der Waals surface area (Å²) in [6.45, 7) is 1.93. The molecular formula is C18H18N6O2. The number of aryl methyl sites for hydroxylation is 1. The van der Waals surface area contributed by atoms with Gasteiger partial charge in [0, 0.05) is 18.4 Å². The first-order valence-corrected chi connectivity index (χ1v) is 7.90. The van der Waals surface area contributed by atoms with Crippen molar-refractivity contribution in [3.63, 3.8) is 0 Å². The number of benzene rings is 2. The van der Waals surface area contributed by atoms with Crippen LogP contribution in [0.15, 0.2) is 54.6 Å². The molecule has 0 saturated heterocycles. The van der Waals surface area contributed by atoms with Crippen LogP contribution in [0.5, 0.6) is 0 Å². The highest BCUT2D eigenvalue weighted by atomic mass is 16.6. The Balaban J connectivity index is 2.06. The quantitative estimate of drug-likeness (QED) is 0.532. The van der Waals surface area contributed by atoms with Crippen LogP contribution >= 0.6 is 0 Å². The first kappa shape index (κ1) is 17.2. The van der Waals surface area contributed by atoms with Crippen molar-refractivity contribution in [3.05, 3.63) is 70.3 Å². The molecule has 0 unspecified atom stereocenters. The summed E-state index contributed by atoms with van der Waals surface area (Å²) in [5, 5.41) is 14.4. The Hall–Kier alpha value is -3.68. The summed E-state index contributed by atoms with van der Waals surface area (Å²) in [4.78, 5) is 21.0. The van der Waals surface area contributed by atoms with Crippen molar-refractivity contribution in [2.45, 2.75) is 6.92 Å². The molecule has 0 atom stereocenters. The van der Waals surface area contributed by atoms with E-state index in [0.29, 0.717) is 5.69 Å². The number of rotatable bonds is 5. The second-order valence-corrected chi connectivity index (χ2v) is 5.75. The molecule has 3 N–H and O–H groups in total. The van der Waals surface area contributed by atoms with Crippen molar-refractivity contribution < 1.29 is 4.92 Å². The highest BCUT2D eigenvalue weighted by Gasteiger charge is 2.24. The Morgan fingerprint density at radius 2 is 1.85 bits per heavy atom. The minimum atomic E-state index is -0.584. The fourth-order valence-corrected chi connectivity index (χ4v) is 2.50. The first-order chi connectivity index (χ1) is 12.5. The van der Waals surface area contributed by atoms with E-state index in [9.17, 15) is 10.1 Å². The average Bonchev–Trinajstić information content (AvgIpc) is 2.61. The summed E-state index contributed by atoms with van der Waals surface area (Å²) in [6, 6.07) is 16.9. The van der Waals surface area contributed by atoms with E-state index in [1.807, 2.05) is 55.5 Å². The topological polar surface area (TPSA) is 110 Å². The Morgan fingerprint density at radius 3 is 2.50 bits per heavy atom. The van der Waals surface area contributed by atoms with Crippen molar-refractivity contribution in [1.82, 2.24) is 9.97 Å². The van der Waals surface area contributed by atoms with E-state index in [0.717, 1.165) is 11.3 Å². The molecule has 0 saturated carbocycles. The lowest BCUT2D eigenvalue weighted by molar-refractivity contribution is -0.383. The molecular weight excluding hydrogens is 332 g/mol. The van der Waals surface area contributed by atoms with Crippen molar-refractivity contribution in [2.75, 3.05) is 23.0 Å². The lowest BCUT2D eigenvalue weighted by Crippen LogP contribution is -2.16. The third kappa shape index (κ3) is 3.54. The summed E-state index contributed by atoms with van der Waals surface area (Å²) in [5.41, 5.74) is 8.04. The second kappa shape index (κ2) is 7.06. The van der Waals surface area contributed by atoms with Gasteiger partial charge in [-0.05, 0) is 36.8 Å². The predicted molar refractivity (Wildman–Crippen MR) is 102 cm³/mol. The normalized spacial score (nSPS) is 10.4. The van der Waals surface area contributed by atoms with E-state index >= 15 is 0 Å². The zero-order valence-corrected chi connectivity index (χ0v) is 14.4. The van der Waals surface area contributed by atoms with E-state index in [4.69, 9.17) is 5.73 Å². The monoisotopic (exact) mass is 350 g/mol. The molecule has 2 aromatic carbocycles. The van der Waals surface area contributed by atoms with Crippen LogP contribution in [0.25, 0.3) is 0 Å². The molecule has 132 valence electrons. The van der Waals surface area contributed by atoms with Crippen LogP contribution in [-0.2, 0) is 0 Å². The molecule has 0 spiro atoms. The molecule has 8 nitrogen and oxygen atoms in total. The van der Waals surface area contributed by atoms with E-state index in [2.05, 4.69) is 15.3 Å². The standard InChI is InChI=1S/C18H18N6O2/c1-12-7-6-8-13(11-12)20-17-15(24(25)26)16(19)21-18(22-17)23(2)14-9-4-3-5-10-14/h3-11H,1-2H3,(H3,19,20,21,22). The minimum Gasteiger partial charge on any atom is -0.378 e. The summed E-state index contributed by atoms with van der Waals surface area (Å²) >= 11 is 0. The number of para-hydroxylation sites is 1. The molecule has 0 amide bonds. The lowest BCUT2D eigenvalue weighted by atomic mass is 10.2. The Morgan fingerprint density at radius 1 is 1.12 bits per heavy atom. The fraction of sp³-hybridized carbons (Fsp3) is 0.111. The minimum absolute atomic E-state index is 0.0471. The average molecular weight is 350 g/mol. The molecule has 26 heavy (non-hydrogen) atoms. The van der Waals surface area contributed by atoms with Gasteiger partial charge in [-0.2, -0.15) is 9.97 Å². The highest BCUT2D eigenvalue weighted by Crippen LogP contribution is 2.33. The van der Waals surface area contributed by atoms with Crippen molar-refractivity contribution in [3.8, 4) is 0 Å². The summed E-state index contributed by atoms with van der Waals surface area (Å²) < 4.78 is 0. The number of nitro groups is 1. The second-order valence-electron chi connectivity index (χ2n) is 5.75. The highest BCUT2D eigenvalue weighted by molar-refractivity contribution is 5.75. The number of nitrogens with two attached hydrogens (primary N) is 1. The van der Waals surface area contributed by atoms with E-state index in [1.165, 1.54) is 0 Å². The largest absolute Gasteiger partial charge is 0.378 e. The molecule has 0 bridgehead atoms. The van der Waals surface area contributed by atoms with E-state index in [1.54, 1.807) is 18.0 Å². The van der Waals surface area contributed by atoms with Gasteiger partial charge in [0.2, 0.25) is 17.6 Å². The van der Waals surface area contributed by atoms with Gasteiger partial charge in [0.25, 0.3) is 0 Å². The maximum absolute atomic E-state index is 11.4. The van der Waals surface area contributed by atoms with Crippen LogP contribution in [0.3, 0.4) is 0 Å². The molecule has 0 radical (unpaired) electrons. The molecule has 0 aliphatic rings. The predicted octanol–water partition coefficient (Wildman–Crippen LogP) is 3.79. The van der Waals surface area contributed by atoms with E-state index < -0.39 is 4.92 Å². The third-order valence-electron chi connectivity index (χ3n) is 3.81. The van der Waals surface area contributed by atoms with Crippen molar-refractivity contribution >= 4 is 34.6 Å². The number of anilines is 5. The van der Waals surface area contributed by atoms with Gasteiger partial charge in [-0.15, -0.1) is 0 Å². The molecule has 1 heterocycles. The third-order valence-corrected chi connectivity index (χ3v) is 3.81. The molecule has 0 fully saturated rings.